The van der Waals surface area contributed by atoms with Crippen molar-refractivity contribution in [1.82, 2.24) is 4.98 Å². The van der Waals surface area contributed by atoms with Gasteiger partial charge in [0, 0.05) is 33.2 Å². The topological polar surface area (TPSA) is 72.3 Å². The minimum Gasteiger partial charge on any atom is -0.478 e. The van der Waals surface area contributed by atoms with Crippen molar-refractivity contribution in [3.05, 3.63) is 98.8 Å². The first-order chi connectivity index (χ1) is 15.9. The van der Waals surface area contributed by atoms with E-state index in [2.05, 4.69) is 4.98 Å². The lowest BCUT2D eigenvalue weighted by Crippen LogP contribution is -2.17. The number of aryl methyl sites for hydroxylation is 2. The van der Waals surface area contributed by atoms with Crippen LogP contribution in [-0.4, -0.2) is 17.4 Å². The molecule has 0 spiro atoms. The van der Waals surface area contributed by atoms with Crippen molar-refractivity contribution in [2.75, 3.05) is 6.61 Å². The Morgan fingerprint density at radius 3 is 2.58 bits per heavy atom. The molecule has 0 aliphatic heterocycles. The Morgan fingerprint density at radius 1 is 1.03 bits per heavy atom. The zero-order valence-electron chi connectivity index (χ0n) is 18.1. The fourth-order valence-corrected chi connectivity index (χ4v) is 4.01. The summed E-state index contributed by atoms with van der Waals surface area (Å²) in [6, 6.07) is 18.4. The van der Waals surface area contributed by atoms with Crippen LogP contribution >= 0.6 is 11.6 Å². The number of hydrogen-bond acceptors (Lipinski definition) is 4. The molecule has 164 valence electrons. The van der Waals surface area contributed by atoms with E-state index < -0.39 is 0 Å². The number of para-hydroxylation sites is 1. The number of rotatable bonds is 5. The van der Waals surface area contributed by atoms with E-state index in [9.17, 15) is 9.59 Å². The number of fused-ring (bicyclic) bond motifs is 2. The van der Waals surface area contributed by atoms with Crippen molar-refractivity contribution in [2.45, 2.75) is 13.8 Å². The first-order valence-corrected chi connectivity index (χ1v) is 10.9. The van der Waals surface area contributed by atoms with Gasteiger partial charge in [0.15, 0.2) is 12.4 Å². The molecule has 2 heterocycles. The summed E-state index contributed by atoms with van der Waals surface area (Å²) in [5.74, 6) is 0.0177. The maximum absolute atomic E-state index is 13.4. The lowest BCUT2D eigenvalue weighted by Gasteiger charge is -2.12. The van der Waals surface area contributed by atoms with Gasteiger partial charge >= 0.3 is 0 Å². The Hall–Kier alpha value is -3.83. The number of halogens is 1. The van der Waals surface area contributed by atoms with Gasteiger partial charge in [-0.3, -0.25) is 9.59 Å². The maximum Gasteiger partial charge on any atom is 0.235 e. The number of nitrogens with one attached hydrogen (secondary N) is 1. The van der Waals surface area contributed by atoms with Crippen LogP contribution in [0.25, 0.3) is 33.2 Å². The Bertz CT molecular complexity index is 1580. The highest BCUT2D eigenvalue weighted by atomic mass is 35.5. The molecule has 0 unspecified atom stereocenters. The van der Waals surface area contributed by atoms with Crippen LogP contribution in [0.1, 0.15) is 21.5 Å². The first-order valence-electron chi connectivity index (χ1n) is 10.5. The molecule has 0 saturated heterocycles. The van der Waals surface area contributed by atoms with Gasteiger partial charge in [0.2, 0.25) is 17.0 Å². The van der Waals surface area contributed by atoms with Crippen molar-refractivity contribution >= 4 is 39.3 Å². The van der Waals surface area contributed by atoms with Crippen LogP contribution in [0.5, 0.6) is 5.75 Å². The molecule has 5 nitrogen and oxygen atoms in total. The second-order valence-corrected chi connectivity index (χ2v) is 8.42. The Labute approximate surface area is 194 Å². The number of ketones is 1. The zero-order chi connectivity index (χ0) is 23.1. The molecule has 1 N–H and O–H groups in total. The van der Waals surface area contributed by atoms with E-state index in [1.807, 2.05) is 62.4 Å². The Balaban J connectivity index is 1.59. The largest absolute Gasteiger partial charge is 0.478 e. The van der Waals surface area contributed by atoms with Crippen molar-refractivity contribution in [1.29, 1.82) is 0 Å². The maximum atomic E-state index is 13.4. The molecule has 0 amide bonds. The Morgan fingerprint density at radius 2 is 1.79 bits per heavy atom. The van der Waals surface area contributed by atoms with Gasteiger partial charge in [-0.25, -0.2) is 0 Å². The standard InChI is InChI=1S/C27H20ClNO4/c1-15-7-9-17(10-8-15)26-27(25(31)19-12-21(28)16(2)11-24(19)33-26)32-14-23(30)20-13-29-22-6-4-3-5-18(20)22/h3-13,29H,14H2,1-2H3. The average molecular weight is 458 g/mol. The van der Waals surface area contributed by atoms with Crippen molar-refractivity contribution in [3.63, 3.8) is 0 Å². The fraction of sp³-hybridized carbons (Fsp3) is 0.111. The number of aromatic amines is 1. The van der Waals surface area contributed by atoms with E-state index in [0.717, 1.165) is 22.0 Å². The fourth-order valence-electron chi connectivity index (χ4n) is 3.84. The molecule has 0 atom stereocenters. The number of benzene rings is 3. The summed E-state index contributed by atoms with van der Waals surface area (Å²) in [4.78, 5) is 29.4. The third-order valence-electron chi connectivity index (χ3n) is 5.68. The van der Waals surface area contributed by atoms with Crippen LogP contribution < -0.4 is 10.2 Å². The molecule has 6 heteroatoms. The predicted octanol–water partition coefficient (Wildman–Crippen LogP) is 6.47. The van der Waals surface area contributed by atoms with Crippen LogP contribution in [0.3, 0.4) is 0 Å². The number of Topliss-reactive ketones (excluding diaryl/α,β-unsaturated/α-hetero) is 1. The van der Waals surface area contributed by atoms with Gasteiger partial charge in [-0.1, -0.05) is 59.6 Å². The van der Waals surface area contributed by atoms with Gasteiger partial charge in [0.05, 0.1) is 5.39 Å². The Kier molecular flexibility index (Phi) is 5.27. The highest BCUT2D eigenvalue weighted by Gasteiger charge is 2.21. The third-order valence-corrected chi connectivity index (χ3v) is 6.09. The van der Waals surface area contributed by atoms with Gasteiger partial charge in [0.1, 0.15) is 5.58 Å². The molecule has 3 aromatic carbocycles. The minimum atomic E-state index is -0.375. The lowest BCUT2D eigenvalue weighted by atomic mass is 10.1. The quantitative estimate of drug-likeness (QED) is 0.307. The highest BCUT2D eigenvalue weighted by Crippen LogP contribution is 2.33. The summed E-state index contributed by atoms with van der Waals surface area (Å²) >= 11 is 6.26. The number of H-pyrrole nitrogens is 1. The van der Waals surface area contributed by atoms with Crippen LogP contribution in [0.2, 0.25) is 5.02 Å². The second kappa shape index (κ2) is 8.26. The summed E-state index contributed by atoms with van der Waals surface area (Å²) in [5.41, 5.74) is 3.95. The van der Waals surface area contributed by atoms with Gasteiger partial charge in [0.25, 0.3) is 0 Å². The summed E-state index contributed by atoms with van der Waals surface area (Å²) < 4.78 is 12.0. The van der Waals surface area contributed by atoms with Crippen LogP contribution in [0.15, 0.2) is 76.1 Å². The molecule has 33 heavy (non-hydrogen) atoms. The molecule has 0 aliphatic rings. The molecule has 0 aliphatic carbocycles. The summed E-state index contributed by atoms with van der Waals surface area (Å²) in [7, 11) is 0. The number of hydrogen-bond donors (Lipinski definition) is 1. The molecular formula is C27H20ClNO4. The normalized spacial score (nSPS) is 11.2. The van der Waals surface area contributed by atoms with Crippen LogP contribution in [0, 0.1) is 13.8 Å². The van der Waals surface area contributed by atoms with Gasteiger partial charge in [-0.05, 0) is 37.6 Å². The van der Waals surface area contributed by atoms with E-state index in [1.54, 1.807) is 18.3 Å². The number of aromatic nitrogens is 1. The first kappa shape index (κ1) is 21.0. The average Bonchev–Trinajstić information content (AvgIpc) is 3.24. The zero-order valence-corrected chi connectivity index (χ0v) is 18.8. The summed E-state index contributed by atoms with van der Waals surface area (Å²) in [6.45, 7) is 3.51. The molecule has 2 aromatic heterocycles. The third kappa shape index (κ3) is 3.81. The lowest BCUT2D eigenvalue weighted by molar-refractivity contribution is 0.0922. The van der Waals surface area contributed by atoms with Crippen molar-refractivity contribution in [3.8, 4) is 17.1 Å². The van der Waals surface area contributed by atoms with Gasteiger partial charge in [-0.15, -0.1) is 0 Å². The monoisotopic (exact) mass is 457 g/mol. The molecular weight excluding hydrogens is 438 g/mol. The molecule has 0 bridgehead atoms. The number of carbonyl (C=O) groups is 1. The van der Waals surface area contributed by atoms with E-state index in [-0.39, 0.29) is 29.3 Å². The summed E-state index contributed by atoms with van der Waals surface area (Å²) in [5, 5.41) is 1.56. The van der Waals surface area contributed by atoms with Crippen LogP contribution in [0.4, 0.5) is 0 Å². The minimum absolute atomic E-state index is 0.0144. The molecule has 0 fully saturated rings. The van der Waals surface area contributed by atoms with E-state index in [1.165, 1.54) is 0 Å². The van der Waals surface area contributed by atoms with Crippen LogP contribution in [-0.2, 0) is 0 Å². The van der Waals surface area contributed by atoms with Gasteiger partial charge < -0.3 is 14.1 Å². The van der Waals surface area contributed by atoms with Crippen molar-refractivity contribution in [2.24, 2.45) is 0 Å². The molecule has 5 rings (SSSR count). The SMILES string of the molecule is Cc1ccc(-c2oc3cc(C)c(Cl)cc3c(=O)c2OCC(=O)c2c[nH]c3ccccc23)cc1. The number of carbonyl (C=O) groups excluding carboxylic acids is 1. The second-order valence-electron chi connectivity index (χ2n) is 8.01. The van der Waals surface area contributed by atoms with E-state index >= 15 is 0 Å². The highest BCUT2D eigenvalue weighted by molar-refractivity contribution is 6.32. The molecule has 5 aromatic rings. The van der Waals surface area contributed by atoms with E-state index in [4.69, 9.17) is 20.8 Å². The van der Waals surface area contributed by atoms with Gasteiger partial charge in [-0.2, -0.15) is 0 Å². The molecule has 0 radical (unpaired) electrons. The van der Waals surface area contributed by atoms with E-state index in [0.29, 0.717) is 27.1 Å². The summed E-state index contributed by atoms with van der Waals surface area (Å²) in [6.07, 6.45) is 1.66. The predicted molar refractivity (Wildman–Crippen MR) is 131 cm³/mol. The van der Waals surface area contributed by atoms with Crippen molar-refractivity contribution < 1.29 is 13.9 Å². The smallest absolute Gasteiger partial charge is 0.235 e. The molecule has 0 saturated carbocycles. The number of ether oxygens (including phenoxy) is 1.